The van der Waals surface area contributed by atoms with Crippen molar-refractivity contribution in [1.29, 1.82) is 0 Å². The molecule has 5 rings (SSSR count). The summed E-state index contributed by atoms with van der Waals surface area (Å²) in [6.45, 7) is 7.73. The van der Waals surface area contributed by atoms with Gasteiger partial charge in [-0.3, -0.25) is 14.8 Å². The van der Waals surface area contributed by atoms with Crippen LogP contribution in [0.25, 0.3) is 10.9 Å². The number of carbonyl (C=O) groups excluding carboxylic acids is 2. The molecule has 1 unspecified atom stereocenters. The molecule has 2 aromatic carbocycles. The summed E-state index contributed by atoms with van der Waals surface area (Å²) in [4.78, 5) is 49.1. The van der Waals surface area contributed by atoms with E-state index in [4.69, 9.17) is 9.47 Å². The highest BCUT2D eigenvalue weighted by Gasteiger charge is 2.50. The fourth-order valence-corrected chi connectivity index (χ4v) is 5.09. The number of pyridine rings is 1. The first-order valence-electron chi connectivity index (χ1n) is 13.3. The van der Waals surface area contributed by atoms with Crippen LogP contribution in [0.5, 0.6) is 11.6 Å². The number of para-hydroxylation sites is 1. The molecule has 1 saturated heterocycles. The number of aromatic hydroxyl groups is 1. The molecule has 4 N–H and O–H groups in total. The van der Waals surface area contributed by atoms with Crippen molar-refractivity contribution in [2.24, 2.45) is 0 Å². The highest BCUT2D eigenvalue weighted by Crippen LogP contribution is 2.36. The number of amides is 2. The Balaban J connectivity index is 1.39. The van der Waals surface area contributed by atoms with Gasteiger partial charge in [0.1, 0.15) is 23.5 Å². The van der Waals surface area contributed by atoms with Crippen LogP contribution in [0.1, 0.15) is 49.7 Å². The topological polar surface area (TPSA) is 150 Å². The zero-order chi connectivity index (χ0) is 29.4. The SMILES string of the molecule is Cc1cc(COc2ccc(C3(NC(=O)OC(C)(C)C)CCN(Cc4[nH]c(=O)[nH]c4O)C3=O)cc2)c2ccccc2n1. The first-order valence-corrected chi connectivity index (χ1v) is 13.3. The molecule has 0 radical (unpaired) electrons. The van der Waals surface area contributed by atoms with Gasteiger partial charge >= 0.3 is 11.8 Å². The number of alkyl carbamates (subject to hydrolysis) is 1. The maximum absolute atomic E-state index is 13.8. The van der Waals surface area contributed by atoms with Crippen LogP contribution in [0.4, 0.5) is 4.79 Å². The van der Waals surface area contributed by atoms with E-state index >= 15 is 0 Å². The lowest BCUT2D eigenvalue weighted by atomic mass is 9.88. The fraction of sp³-hybridized carbons (Fsp3) is 0.333. The molecule has 3 heterocycles. The van der Waals surface area contributed by atoms with E-state index in [0.717, 1.165) is 22.2 Å². The van der Waals surface area contributed by atoms with Crippen LogP contribution >= 0.6 is 0 Å². The van der Waals surface area contributed by atoms with E-state index in [0.29, 0.717) is 17.9 Å². The van der Waals surface area contributed by atoms with Crippen LogP contribution in [0.3, 0.4) is 0 Å². The molecule has 1 fully saturated rings. The predicted octanol–water partition coefficient (Wildman–Crippen LogP) is 4.00. The van der Waals surface area contributed by atoms with Crippen LogP contribution < -0.4 is 15.7 Å². The van der Waals surface area contributed by atoms with Crippen LogP contribution in [-0.4, -0.2) is 49.1 Å². The maximum Gasteiger partial charge on any atom is 0.408 e. The van der Waals surface area contributed by atoms with Gasteiger partial charge in [-0.25, -0.2) is 9.59 Å². The summed E-state index contributed by atoms with van der Waals surface area (Å²) in [5.41, 5.74) is 0.786. The quantitative estimate of drug-likeness (QED) is 0.267. The molecule has 11 nitrogen and oxygen atoms in total. The van der Waals surface area contributed by atoms with E-state index < -0.39 is 28.8 Å². The van der Waals surface area contributed by atoms with Gasteiger partial charge in [-0.15, -0.1) is 0 Å². The van der Waals surface area contributed by atoms with Crippen molar-refractivity contribution in [3.05, 3.63) is 87.6 Å². The second kappa shape index (κ2) is 10.6. The minimum Gasteiger partial charge on any atom is -0.493 e. The lowest BCUT2D eigenvalue weighted by molar-refractivity contribution is -0.134. The van der Waals surface area contributed by atoms with E-state index in [1.54, 1.807) is 45.0 Å². The second-order valence-corrected chi connectivity index (χ2v) is 11.2. The molecule has 2 amide bonds. The van der Waals surface area contributed by atoms with Gasteiger partial charge in [-0.1, -0.05) is 30.3 Å². The summed E-state index contributed by atoms with van der Waals surface area (Å²) in [5.74, 6) is -0.131. The molecule has 2 aromatic heterocycles. The van der Waals surface area contributed by atoms with Crippen molar-refractivity contribution in [1.82, 2.24) is 25.2 Å². The molecule has 0 saturated carbocycles. The maximum atomic E-state index is 13.8. The lowest BCUT2D eigenvalue weighted by Crippen LogP contribution is -2.52. The van der Waals surface area contributed by atoms with Crippen molar-refractivity contribution >= 4 is 22.9 Å². The van der Waals surface area contributed by atoms with Crippen molar-refractivity contribution in [2.75, 3.05) is 6.54 Å². The normalized spacial score (nSPS) is 17.2. The highest BCUT2D eigenvalue weighted by molar-refractivity contribution is 5.93. The number of nitrogens with one attached hydrogen (secondary N) is 3. The number of likely N-dealkylation sites (tertiary alicyclic amines) is 1. The molecular weight excluding hydrogens is 526 g/mol. The van der Waals surface area contributed by atoms with Gasteiger partial charge in [0, 0.05) is 29.6 Å². The minimum atomic E-state index is -1.41. The zero-order valence-electron chi connectivity index (χ0n) is 23.4. The Morgan fingerprint density at radius 3 is 2.54 bits per heavy atom. The number of H-pyrrole nitrogens is 2. The van der Waals surface area contributed by atoms with Crippen LogP contribution in [0.15, 0.2) is 59.4 Å². The second-order valence-electron chi connectivity index (χ2n) is 11.2. The molecule has 1 aliphatic rings. The monoisotopic (exact) mass is 559 g/mol. The number of imidazole rings is 1. The number of aromatic amines is 2. The van der Waals surface area contributed by atoms with Gasteiger partial charge in [0.15, 0.2) is 0 Å². The summed E-state index contributed by atoms with van der Waals surface area (Å²) < 4.78 is 11.6. The molecular formula is C30H33N5O6. The summed E-state index contributed by atoms with van der Waals surface area (Å²) in [7, 11) is 0. The van der Waals surface area contributed by atoms with E-state index in [1.165, 1.54) is 4.90 Å². The number of aromatic nitrogens is 3. The van der Waals surface area contributed by atoms with E-state index in [2.05, 4.69) is 20.3 Å². The molecule has 0 aliphatic carbocycles. The first kappa shape index (κ1) is 27.8. The average Bonchev–Trinajstić information content (AvgIpc) is 3.39. The van der Waals surface area contributed by atoms with E-state index in [1.807, 2.05) is 37.3 Å². The van der Waals surface area contributed by atoms with E-state index in [-0.39, 0.29) is 31.1 Å². The van der Waals surface area contributed by atoms with Crippen LogP contribution in [0.2, 0.25) is 0 Å². The van der Waals surface area contributed by atoms with E-state index in [9.17, 15) is 19.5 Å². The van der Waals surface area contributed by atoms with Crippen molar-refractivity contribution in [2.45, 2.75) is 58.4 Å². The Kier molecular flexibility index (Phi) is 7.20. The van der Waals surface area contributed by atoms with Gasteiger partial charge in [-0.2, -0.15) is 0 Å². The Morgan fingerprint density at radius 2 is 1.85 bits per heavy atom. The van der Waals surface area contributed by atoms with Gasteiger partial charge in [0.2, 0.25) is 5.88 Å². The molecule has 11 heteroatoms. The summed E-state index contributed by atoms with van der Waals surface area (Å²) in [6.07, 6.45) is -0.478. The van der Waals surface area contributed by atoms with Gasteiger partial charge < -0.3 is 29.8 Å². The van der Waals surface area contributed by atoms with Crippen molar-refractivity contribution in [3.8, 4) is 11.6 Å². The zero-order valence-corrected chi connectivity index (χ0v) is 23.4. The number of carbonyl (C=O) groups is 2. The smallest absolute Gasteiger partial charge is 0.408 e. The number of hydrogen-bond donors (Lipinski definition) is 4. The van der Waals surface area contributed by atoms with Crippen molar-refractivity contribution < 1.29 is 24.2 Å². The average molecular weight is 560 g/mol. The van der Waals surface area contributed by atoms with Gasteiger partial charge in [-0.05, 0) is 57.5 Å². The predicted molar refractivity (Wildman–Crippen MR) is 151 cm³/mol. The van der Waals surface area contributed by atoms with Gasteiger partial charge in [0.05, 0.1) is 17.8 Å². The highest BCUT2D eigenvalue weighted by atomic mass is 16.6. The third-order valence-corrected chi connectivity index (χ3v) is 6.93. The third kappa shape index (κ3) is 5.88. The summed E-state index contributed by atoms with van der Waals surface area (Å²) in [6, 6.07) is 16.9. The third-order valence-electron chi connectivity index (χ3n) is 6.93. The number of hydrogen-bond acceptors (Lipinski definition) is 7. The Labute approximate surface area is 236 Å². The lowest BCUT2D eigenvalue weighted by Gasteiger charge is -2.31. The molecule has 214 valence electrons. The number of aryl methyl sites for hydroxylation is 1. The molecule has 41 heavy (non-hydrogen) atoms. The first-order chi connectivity index (χ1) is 19.4. The molecule has 0 bridgehead atoms. The largest absolute Gasteiger partial charge is 0.493 e. The molecule has 0 spiro atoms. The molecule has 1 atom stereocenters. The molecule has 4 aromatic rings. The van der Waals surface area contributed by atoms with Crippen molar-refractivity contribution in [3.63, 3.8) is 0 Å². The Hall–Kier alpha value is -4.80. The standard InChI is InChI=1S/C30H33N5O6/c1-18-15-19(22-7-5-6-8-23(22)31-18)17-40-21-11-9-20(10-12-21)30(34-28(39)41-29(2,3)4)13-14-35(26(30)37)16-24-25(36)33-27(38)32-24/h5-12,15,36H,13-14,16-17H2,1-4H3,(H,34,39)(H2,32,33,38). The Bertz CT molecular complexity index is 1650. The summed E-state index contributed by atoms with van der Waals surface area (Å²) >= 11 is 0. The van der Waals surface area contributed by atoms with Crippen LogP contribution in [-0.2, 0) is 28.2 Å². The fourth-order valence-electron chi connectivity index (χ4n) is 5.09. The molecule has 1 aliphatic heterocycles. The van der Waals surface area contributed by atoms with Gasteiger partial charge in [0.25, 0.3) is 5.91 Å². The number of rotatable bonds is 7. The number of nitrogens with zero attached hydrogens (tertiary/aromatic N) is 2. The number of fused-ring (bicyclic) bond motifs is 1. The van der Waals surface area contributed by atoms with Crippen LogP contribution in [0, 0.1) is 6.92 Å². The summed E-state index contributed by atoms with van der Waals surface area (Å²) in [5, 5.41) is 13.8. The Morgan fingerprint density at radius 1 is 1.12 bits per heavy atom. The number of ether oxygens (including phenoxy) is 2. The number of benzene rings is 2. The minimum absolute atomic E-state index is 0.0400.